The molecule has 0 aromatic rings. The zero-order valence-corrected chi connectivity index (χ0v) is 11.9. The number of nitrogens with one attached hydrogen (secondary N) is 1. The SMILES string of the molecule is CC1(C)NC(C(=O)N2CCOCC2)C(C)(C)S1. The lowest BCUT2D eigenvalue weighted by atomic mass is 10.0. The maximum absolute atomic E-state index is 12.5. The fourth-order valence-corrected chi connectivity index (χ4v) is 4.36. The van der Waals surface area contributed by atoms with Crippen molar-refractivity contribution in [2.24, 2.45) is 0 Å². The average Bonchev–Trinajstić information content (AvgIpc) is 2.47. The Balaban J connectivity index is 2.08. The number of hydrogen-bond donors (Lipinski definition) is 1. The van der Waals surface area contributed by atoms with E-state index < -0.39 is 0 Å². The number of carbonyl (C=O) groups is 1. The fourth-order valence-electron chi connectivity index (χ4n) is 2.59. The first kappa shape index (κ1) is 13.2. The Morgan fingerprint density at radius 2 is 1.88 bits per heavy atom. The minimum Gasteiger partial charge on any atom is -0.378 e. The van der Waals surface area contributed by atoms with Gasteiger partial charge in [-0.15, -0.1) is 11.8 Å². The smallest absolute Gasteiger partial charge is 0.241 e. The van der Waals surface area contributed by atoms with Crippen LogP contribution in [0, 0.1) is 0 Å². The molecule has 0 saturated carbocycles. The van der Waals surface area contributed by atoms with Gasteiger partial charge in [0.05, 0.1) is 18.1 Å². The summed E-state index contributed by atoms with van der Waals surface area (Å²) in [4.78, 5) is 14.4. The molecule has 0 aliphatic carbocycles. The summed E-state index contributed by atoms with van der Waals surface area (Å²) in [5, 5.41) is 3.45. The molecule has 2 fully saturated rings. The van der Waals surface area contributed by atoms with E-state index in [4.69, 9.17) is 4.74 Å². The second kappa shape index (κ2) is 4.44. The molecule has 1 atom stereocenters. The lowest BCUT2D eigenvalue weighted by molar-refractivity contribution is -0.138. The van der Waals surface area contributed by atoms with Gasteiger partial charge in [0, 0.05) is 17.8 Å². The van der Waals surface area contributed by atoms with E-state index in [1.165, 1.54) is 0 Å². The van der Waals surface area contributed by atoms with Crippen LogP contribution in [0.2, 0.25) is 0 Å². The van der Waals surface area contributed by atoms with Crippen molar-refractivity contribution in [3.8, 4) is 0 Å². The first-order valence-electron chi connectivity index (χ1n) is 6.16. The van der Waals surface area contributed by atoms with Gasteiger partial charge in [-0.3, -0.25) is 10.1 Å². The van der Waals surface area contributed by atoms with Crippen LogP contribution in [-0.2, 0) is 9.53 Å². The van der Waals surface area contributed by atoms with Crippen molar-refractivity contribution < 1.29 is 9.53 Å². The van der Waals surface area contributed by atoms with Crippen molar-refractivity contribution in [2.45, 2.75) is 43.4 Å². The number of morpholine rings is 1. The van der Waals surface area contributed by atoms with Crippen LogP contribution >= 0.6 is 11.8 Å². The van der Waals surface area contributed by atoms with Crippen molar-refractivity contribution in [2.75, 3.05) is 26.3 Å². The van der Waals surface area contributed by atoms with Gasteiger partial charge in [0.1, 0.15) is 6.04 Å². The summed E-state index contributed by atoms with van der Waals surface area (Å²) >= 11 is 1.84. The number of ether oxygens (including phenoxy) is 1. The van der Waals surface area contributed by atoms with E-state index in [1.54, 1.807) is 0 Å². The van der Waals surface area contributed by atoms with Crippen LogP contribution in [0.4, 0.5) is 0 Å². The topological polar surface area (TPSA) is 41.6 Å². The minimum absolute atomic E-state index is 0.0316. The molecule has 4 nitrogen and oxygen atoms in total. The summed E-state index contributed by atoms with van der Waals surface area (Å²) in [6.07, 6.45) is 0. The molecule has 2 rings (SSSR count). The molecule has 1 amide bonds. The Morgan fingerprint density at radius 1 is 1.29 bits per heavy atom. The van der Waals surface area contributed by atoms with E-state index in [-0.39, 0.29) is 21.6 Å². The van der Waals surface area contributed by atoms with Crippen molar-refractivity contribution >= 4 is 17.7 Å². The van der Waals surface area contributed by atoms with Crippen LogP contribution in [0.5, 0.6) is 0 Å². The fraction of sp³-hybridized carbons (Fsp3) is 0.917. The molecule has 0 aromatic heterocycles. The molecule has 2 aliphatic rings. The number of rotatable bonds is 1. The van der Waals surface area contributed by atoms with Crippen LogP contribution in [-0.4, -0.2) is 52.8 Å². The second-order valence-electron chi connectivity index (χ2n) is 5.73. The molecule has 5 heteroatoms. The molecule has 2 aliphatic heterocycles. The first-order chi connectivity index (χ1) is 7.82. The van der Waals surface area contributed by atoms with Gasteiger partial charge < -0.3 is 9.64 Å². The number of carbonyl (C=O) groups excluding carboxylic acids is 1. The predicted octanol–water partition coefficient (Wildman–Crippen LogP) is 1.06. The average molecular weight is 258 g/mol. The molecule has 1 N–H and O–H groups in total. The maximum atomic E-state index is 12.5. The Morgan fingerprint density at radius 3 is 2.35 bits per heavy atom. The van der Waals surface area contributed by atoms with Crippen LogP contribution < -0.4 is 5.32 Å². The number of thioether (sulfide) groups is 1. The van der Waals surface area contributed by atoms with Gasteiger partial charge in [-0.05, 0) is 27.7 Å². The maximum Gasteiger partial charge on any atom is 0.241 e. The summed E-state index contributed by atoms with van der Waals surface area (Å²) in [7, 11) is 0. The van der Waals surface area contributed by atoms with E-state index in [0.29, 0.717) is 13.2 Å². The van der Waals surface area contributed by atoms with Gasteiger partial charge in [-0.1, -0.05) is 0 Å². The van der Waals surface area contributed by atoms with Gasteiger partial charge >= 0.3 is 0 Å². The lowest BCUT2D eigenvalue weighted by Crippen LogP contribution is -2.55. The van der Waals surface area contributed by atoms with E-state index in [9.17, 15) is 4.79 Å². The van der Waals surface area contributed by atoms with Gasteiger partial charge in [0.2, 0.25) is 5.91 Å². The molecule has 17 heavy (non-hydrogen) atoms. The molecule has 2 saturated heterocycles. The molecule has 0 spiro atoms. The summed E-state index contributed by atoms with van der Waals surface area (Å²) < 4.78 is 5.23. The molecule has 0 radical (unpaired) electrons. The molecule has 98 valence electrons. The molecule has 0 bridgehead atoms. The minimum atomic E-state index is -0.0967. The predicted molar refractivity (Wildman–Crippen MR) is 70.1 cm³/mol. The highest BCUT2D eigenvalue weighted by molar-refractivity contribution is 8.02. The summed E-state index contributed by atoms with van der Waals surface area (Å²) in [5.41, 5.74) is 0. The summed E-state index contributed by atoms with van der Waals surface area (Å²) in [6.45, 7) is 11.3. The van der Waals surface area contributed by atoms with Gasteiger partial charge in [0.15, 0.2) is 0 Å². The van der Waals surface area contributed by atoms with Crippen molar-refractivity contribution in [3.05, 3.63) is 0 Å². The molecule has 0 aromatic carbocycles. The van der Waals surface area contributed by atoms with Crippen LogP contribution in [0.15, 0.2) is 0 Å². The van der Waals surface area contributed by atoms with Gasteiger partial charge in [-0.2, -0.15) is 0 Å². The first-order valence-corrected chi connectivity index (χ1v) is 6.98. The van der Waals surface area contributed by atoms with E-state index in [0.717, 1.165) is 13.1 Å². The standard InChI is InChI=1S/C12H22N2O2S/c1-11(2)9(13-12(3,4)17-11)10(15)14-5-7-16-8-6-14/h9,13H,5-8H2,1-4H3. The highest BCUT2D eigenvalue weighted by Crippen LogP contribution is 2.44. The number of hydrogen-bond acceptors (Lipinski definition) is 4. The zero-order chi connectivity index (χ0) is 12.7. The summed E-state index contributed by atoms with van der Waals surface area (Å²) in [5.74, 6) is 0.219. The molecule has 1 unspecified atom stereocenters. The second-order valence-corrected chi connectivity index (χ2v) is 8.01. The highest BCUT2D eigenvalue weighted by Gasteiger charge is 2.49. The van der Waals surface area contributed by atoms with E-state index in [1.807, 2.05) is 16.7 Å². The van der Waals surface area contributed by atoms with Crippen LogP contribution in [0.25, 0.3) is 0 Å². The Labute approximate surface area is 107 Å². The van der Waals surface area contributed by atoms with Crippen molar-refractivity contribution in [1.82, 2.24) is 10.2 Å². The van der Waals surface area contributed by atoms with Gasteiger partial charge in [-0.25, -0.2) is 0 Å². The lowest BCUT2D eigenvalue weighted by Gasteiger charge is -2.33. The van der Waals surface area contributed by atoms with Crippen LogP contribution in [0.1, 0.15) is 27.7 Å². The third-order valence-corrected chi connectivity index (χ3v) is 4.67. The number of amides is 1. The Hall–Kier alpha value is -0.260. The summed E-state index contributed by atoms with van der Waals surface area (Å²) in [6, 6.07) is -0.0967. The highest BCUT2D eigenvalue weighted by atomic mass is 32.2. The van der Waals surface area contributed by atoms with E-state index >= 15 is 0 Å². The third kappa shape index (κ3) is 2.77. The molecule has 2 heterocycles. The molecular formula is C12H22N2O2S. The molecular weight excluding hydrogens is 236 g/mol. The Bertz CT molecular complexity index is 312. The van der Waals surface area contributed by atoms with E-state index in [2.05, 4.69) is 33.0 Å². The number of nitrogens with zero attached hydrogens (tertiary/aromatic N) is 1. The normalized spacial score (nSPS) is 31.5. The largest absolute Gasteiger partial charge is 0.378 e. The quantitative estimate of drug-likeness (QED) is 0.764. The van der Waals surface area contributed by atoms with Crippen molar-refractivity contribution in [1.29, 1.82) is 0 Å². The monoisotopic (exact) mass is 258 g/mol. The Kier molecular flexibility index (Phi) is 3.45. The zero-order valence-electron chi connectivity index (χ0n) is 11.1. The van der Waals surface area contributed by atoms with Gasteiger partial charge in [0.25, 0.3) is 0 Å². The third-order valence-electron chi connectivity index (χ3n) is 3.28. The van der Waals surface area contributed by atoms with Crippen molar-refractivity contribution in [3.63, 3.8) is 0 Å². The van der Waals surface area contributed by atoms with Crippen LogP contribution in [0.3, 0.4) is 0 Å².